The van der Waals surface area contributed by atoms with Crippen molar-refractivity contribution in [2.24, 2.45) is 5.92 Å². The zero-order chi connectivity index (χ0) is 16.9. The smallest absolute Gasteiger partial charge is 0.335 e. The van der Waals surface area contributed by atoms with E-state index in [9.17, 15) is 18.0 Å². The highest BCUT2D eigenvalue weighted by atomic mass is 32.2. The van der Waals surface area contributed by atoms with Crippen LogP contribution < -0.4 is 10.0 Å². The van der Waals surface area contributed by atoms with E-state index in [1.54, 1.807) is 0 Å². The zero-order valence-electron chi connectivity index (χ0n) is 12.6. The maximum Gasteiger partial charge on any atom is 0.335 e. The number of carboxylic acids is 1. The lowest BCUT2D eigenvalue weighted by Crippen LogP contribution is -2.37. The number of aromatic carboxylic acids is 1. The lowest BCUT2D eigenvalue weighted by atomic mass is 9.86. The van der Waals surface area contributed by atoms with E-state index in [2.05, 4.69) is 10.0 Å². The van der Waals surface area contributed by atoms with E-state index in [0.29, 0.717) is 12.5 Å². The van der Waals surface area contributed by atoms with Crippen LogP contribution in [0.2, 0.25) is 0 Å². The first-order chi connectivity index (χ1) is 10.9. The molecule has 0 aromatic heterocycles. The summed E-state index contributed by atoms with van der Waals surface area (Å²) in [7, 11) is -3.41. The number of benzene rings is 1. The molecule has 1 aliphatic rings. The number of hydrogen-bond donors (Lipinski definition) is 3. The van der Waals surface area contributed by atoms with E-state index in [4.69, 9.17) is 5.11 Å². The van der Waals surface area contributed by atoms with Gasteiger partial charge in [-0.2, -0.15) is 0 Å². The van der Waals surface area contributed by atoms with E-state index in [-0.39, 0.29) is 23.4 Å². The molecule has 1 amide bonds. The number of rotatable bonds is 8. The summed E-state index contributed by atoms with van der Waals surface area (Å²) in [4.78, 5) is 22.8. The van der Waals surface area contributed by atoms with Gasteiger partial charge in [-0.25, -0.2) is 17.9 Å². The number of nitrogens with one attached hydrogen (secondary N) is 2. The number of carboxylic acid groups (broad SMARTS) is 1. The molecule has 8 heteroatoms. The van der Waals surface area contributed by atoms with E-state index < -0.39 is 21.9 Å². The van der Waals surface area contributed by atoms with Crippen LogP contribution in [-0.2, 0) is 10.0 Å². The van der Waals surface area contributed by atoms with Crippen molar-refractivity contribution in [2.75, 3.05) is 18.8 Å². The van der Waals surface area contributed by atoms with Crippen LogP contribution in [0.4, 0.5) is 0 Å². The normalized spacial score (nSPS) is 15.0. The van der Waals surface area contributed by atoms with Crippen LogP contribution in [-0.4, -0.2) is 44.2 Å². The minimum atomic E-state index is -3.41. The summed E-state index contributed by atoms with van der Waals surface area (Å²) in [6.45, 7) is 0.424. The van der Waals surface area contributed by atoms with Gasteiger partial charge in [0.2, 0.25) is 10.0 Å². The Morgan fingerprint density at radius 3 is 2.52 bits per heavy atom. The van der Waals surface area contributed by atoms with Gasteiger partial charge in [0.05, 0.1) is 11.3 Å². The highest BCUT2D eigenvalue weighted by molar-refractivity contribution is 7.89. The molecule has 1 aromatic rings. The number of hydrogen-bond acceptors (Lipinski definition) is 4. The molecule has 3 N–H and O–H groups in total. The summed E-state index contributed by atoms with van der Waals surface area (Å²) in [5.41, 5.74) is 0.192. The summed E-state index contributed by atoms with van der Waals surface area (Å²) in [5, 5.41) is 11.4. The van der Waals surface area contributed by atoms with Gasteiger partial charge in [-0.1, -0.05) is 12.5 Å². The molecule has 1 aliphatic carbocycles. The van der Waals surface area contributed by atoms with Crippen molar-refractivity contribution in [3.63, 3.8) is 0 Å². The van der Waals surface area contributed by atoms with Gasteiger partial charge in [-0.05, 0) is 37.0 Å². The molecule has 0 saturated heterocycles. The Morgan fingerprint density at radius 2 is 1.91 bits per heavy atom. The third-order valence-corrected chi connectivity index (χ3v) is 5.19. The predicted molar refractivity (Wildman–Crippen MR) is 84.9 cm³/mol. The summed E-state index contributed by atoms with van der Waals surface area (Å²) >= 11 is 0. The van der Waals surface area contributed by atoms with Crippen molar-refractivity contribution in [3.05, 3.63) is 35.4 Å². The molecule has 0 atom stereocenters. The second kappa shape index (κ2) is 7.56. The second-order valence-electron chi connectivity index (χ2n) is 5.61. The molecule has 1 aromatic carbocycles. The summed E-state index contributed by atoms with van der Waals surface area (Å²) in [6.07, 6.45) is 3.26. The maximum atomic E-state index is 11.9. The third-order valence-electron chi connectivity index (χ3n) is 3.84. The van der Waals surface area contributed by atoms with Crippen LogP contribution in [0.5, 0.6) is 0 Å². The average molecular weight is 340 g/mol. The first kappa shape index (κ1) is 17.4. The lowest BCUT2D eigenvalue weighted by Gasteiger charge is -2.25. The Labute approximate surface area is 135 Å². The van der Waals surface area contributed by atoms with Crippen molar-refractivity contribution in [1.29, 1.82) is 0 Å². The first-order valence-electron chi connectivity index (χ1n) is 7.46. The summed E-state index contributed by atoms with van der Waals surface area (Å²) in [6, 6.07) is 5.58. The van der Waals surface area contributed by atoms with Gasteiger partial charge in [0, 0.05) is 18.7 Å². The molecule has 0 heterocycles. The van der Waals surface area contributed by atoms with Gasteiger partial charge in [-0.3, -0.25) is 4.79 Å². The molecule has 0 unspecified atom stereocenters. The number of sulfonamides is 1. The fourth-order valence-electron chi connectivity index (χ4n) is 2.21. The third kappa shape index (κ3) is 5.33. The Kier molecular flexibility index (Phi) is 5.73. The highest BCUT2D eigenvalue weighted by Gasteiger charge is 2.20. The quantitative estimate of drug-likeness (QED) is 0.649. The first-order valence-corrected chi connectivity index (χ1v) is 9.11. The van der Waals surface area contributed by atoms with Gasteiger partial charge < -0.3 is 10.4 Å². The number of amides is 1. The van der Waals surface area contributed by atoms with Gasteiger partial charge in [0.15, 0.2) is 0 Å². The molecule has 7 nitrogen and oxygen atoms in total. The van der Waals surface area contributed by atoms with E-state index in [0.717, 1.165) is 19.3 Å². The molecule has 0 radical (unpaired) electrons. The minimum absolute atomic E-state index is 0.00689. The van der Waals surface area contributed by atoms with E-state index >= 15 is 0 Å². The number of carbonyl (C=O) groups excluding carboxylic acids is 1. The maximum absolute atomic E-state index is 11.9. The van der Waals surface area contributed by atoms with E-state index in [1.165, 1.54) is 24.3 Å². The number of carbonyl (C=O) groups is 2. The highest BCUT2D eigenvalue weighted by Crippen LogP contribution is 2.25. The van der Waals surface area contributed by atoms with Crippen LogP contribution >= 0.6 is 0 Å². The van der Waals surface area contributed by atoms with E-state index in [1.807, 2.05) is 0 Å². The molecule has 126 valence electrons. The van der Waals surface area contributed by atoms with Crippen LogP contribution in [0.3, 0.4) is 0 Å². The predicted octanol–water partition coefficient (Wildman–Crippen LogP) is 0.834. The molecule has 23 heavy (non-hydrogen) atoms. The average Bonchev–Trinajstić information content (AvgIpc) is 2.45. The largest absolute Gasteiger partial charge is 0.478 e. The van der Waals surface area contributed by atoms with Crippen molar-refractivity contribution >= 4 is 21.9 Å². The van der Waals surface area contributed by atoms with Crippen molar-refractivity contribution in [2.45, 2.75) is 19.3 Å². The monoisotopic (exact) mass is 340 g/mol. The fourth-order valence-corrected chi connectivity index (χ4v) is 3.21. The van der Waals surface area contributed by atoms with Crippen LogP contribution in [0.1, 0.15) is 40.0 Å². The molecule has 2 rings (SSSR count). The SMILES string of the molecule is O=C(O)c1cccc(C(=O)NCCS(=O)(=O)NCC2CCC2)c1. The molecule has 0 aliphatic heterocycles. The fraction of sp³-hybridized carbons (Fsp3) is 0.467. The molecule has 1 saturated carbocycles. The Balaban J connectivity index is 1.79. The van der Waals surface area contributed by atoms with Crippen LogP contribution in [0, 0.1) is 5.92 Å². The second-order valence-corrected chi connectivity index (χ2v) is 7.53. The van der Waals surface area contributed by atoms with Gasteiger partial charge in [-0.15, -0.1) is 0 Å². The van der Waals surface area contributed by atoms with Gasteiger partial charge >= 0.3 is 5.97 Å². The molecular formula is C15H20N2O5S. The lowest BCUT2D eigenvalue weighted by molar-refractivity contribution is 0.0697. The Bertz CT molecular complexity index is 683. The minimum Gasteiger partial charge on any atom is -0.478 e. The van der Waals surface area contributed by atoms with Crippen LogP contribution in [0.25, 0.3) is 0 Å². The Morgan fingerprint density at radius 1 is 1.22 bits per heavy atom. The molecule has 0 spiro atoms. The summed E-state index contributed by atoms with van der Waals surface area (Å²) < 4.78 is 26.1. The molecular weight excluding hydrogens is 320 g/mol. The van der Waals surface area contributed by atoms with Crippen molar-refractivity contribution in [1.82, 2.24) is 10.0 Å². The molecule has 0 bridgehead atoms. The van der Waals surface area contributed by atoms with Crippen molar-refractivity contribution < 1.29 is 23.1 Å². The van der Waals surface area contributed by atoms with Gasteiger partial charge in [0.1, 0.15) is 0 Å². The van der Waals surface area contributed by atoms with Crippen LogP contribution in [0.15, 0.2) is 24.3 Å². The summed E-state index contributed by atoms with van der Waals surface area (Å²) in [5.74, 6) is -1.40. The van der Waals surface area contributed by atoms with Crippen molar-refractivity contribution in [3.8, 4) is 0 Å². The topological polar surface area (TPSA) is 113 Å². The molecule has 1 fully saturated rings. The Hall–Kier alpha value is -1.93. The zero-order valence-corrected chi connectivity index (χ0v) is 13.4. The van der Waals surface area contributed by atoms with Gasteiger partial charge in [0.25, 0.3) is 5.91 Å². The standard InChI is InChI=1S/C15H20N2O5S/c18-14(12-5-2-6-13(9-12)15(19)20)16-7-8-23(21,22)17-10-11-3-1-4-11/h2,5-6,9,11,17H,1,3-4,7-8,10H2,(H,16,18)(H,19,20).